The van der Waals surface area contributed by atoms with Crippen LogP contribution in [0.25, 0.3) is 10.8 Å². The molecule has 2 atom stereocenters. The second-order valence-corrected chi connectivity index (χ2v) is 11.1. The number of guanidine groups is 1. The summed E-state index contributed by atoms with van der Waals surface area (Å²) in [6, 6.07) is 33.9. The lowest BCUT2D eigenvalue weighted by molar-refractivity contribution is -0.133. The molecular formula is C35H40N6O2. The van der Waals surface area contributed by atoms with Gasteiger partial charge in [0.1, 0.15) is 0 Å². The van der Waals surface area contributed by atoms with Crippen molar-refractivity contribution in [3.63, 3.8) is 0 Å². The highest BCUT2D eigenvalue weighted by Crippen LogP contribution is 2.27. The minimum atomic E-state index is -0.411. The molecule has 1 aliphatic rings. The lowest BCUT2D eigenvalue weighted by Crippen LogP contribution is -2.49. The molecule has 8 nitrogen and oxygen atoms in total. The summed E-state index contributed by atoms with van der Waals surface area (Å²) < 4.78 is 0. The number of carbonyl (C=O) groups is 2. The topological polar surface area (TPSA) is 126 Å². The van der Waals surface area contributed by atoms with Gasteiger partial charge in [0.15, 0.2) is 5.96 Å². The van der Waals surface area contributed by atoms with Gasteiger partial charge >= 0.3 is 0 Å². The van der Waals surface area contributed by atoms with Crippen molar-refractivity contribution in [3.05, 3.63) is 120 Å². The van der Waals surface area contributed by atoms with Crippen LogP contribution in [0, 0.1) is 0 Å². The summed E-state index contributed by atoms with van der Waals surface area (Å²) >= 11 is 0. The Morgan fingerprint density at radius 2 is 1.56 bits per heavy atom. The van der Waals surface area contributed by atoms with Gasteiger partial charge in [0, 0.05) is 43.7 Å². The highest BCUT2D eigenvalue weighted by molar-refractivity contribution is 5.98. The Bertz CT molecular complexity index is 1500. The van der Waals surface area contributed by atoms with Crippen molar-refractivity contribution in [1.29, 1.82) is 0 Å². The number of aliphatic imine (C=N–C) groups is 1. The van der Waals surface area contributed by atoms with Crippen LogP contribution in [0.1, 0.15) is 46.7 Å². The molecule has 0 saturated carbocycles. The monoisotopic (exact) mass is 576 g/mol. The quantitative estimate of drug-likeness (QED) is 0.122. The summed E-state index contributed by atoms with van der Waals surface area (Å²) in [7, 11) is 0. The van der Waals surface area contributed by atoms with Gasteiger partial charge in [0.2, 0.25) is 5.91 Å². The Balaban J connectivity index is 1.31. The predicted octanol–water partition coefficient (Wildman–Crippen LogP) is 4.01. The predicted molar refractivity (Wildman–Crippen MR) is 173 cm³/mol. The standard InChI is InChI=1S/C35H40N6O2/c36-35(37)38-20-9-16-32-34(43)41(24-31(26-11-3-1-4-12-26)27-13-5-2-6-14-27)21-19-30(40-32)23-39-33(42)29-18-17-25-10-7-8-15-28(25)22-29/h1-8,10-15,17-18,22,30-32,40H,9,16,19-21,23-24H2,(H,39,42)(H4,36,37,38). The van der Waals surface area contributed by atoms with E-state index in [1.807, 2.05) is 83.8 Å². The molecule has 6 N–H and O–H groups in total. The molecule has 5 rings (SSSR count). The normalized spacial score (nSPS) is 17.0. The van der Waals surface area contributed by atoms with E-state index in [2.05, 4.69) is 39.9 Å². The van der Waals surface area contributed by atoms with E-state index in [9.17, 15) is 9.59 Å². The zero-order valence-electron chi connectivity index (χ0n) is 24.4. The highest BCUT2D eigenvalue weighted by Gasteiger charge is 2.32. The molecule has 0 radical (unpaired) electrons. The number of hydrogen-bond donors (Lipinski definition) is 4. The van der Waals surface area contributed by atoms with E-state index < -0.39 is 6.04 Å². The molecule has 222 valence electrons. The number of carbonyl (C=O) groups excluding carboxylic acids is 2. The third-order valence-electron chi connectivity index (χ3n) is 8.07. The number of fused-ring (bicyclic) bond motifs is 1. The van der Waals surface area contributed by atoms with Gasteiger partial charge in [-0.1, -0.05) is 91.0 Å². The molecule has 0 aliphatic carbocycles. The molecule has 1 heterocycles. The summed E-state index contributed by atoms with van der Waals surface area (Å²) in [6.07, 6.45) is 1.96. The Morgan fingerprint density at radius 1 is 0.907 bits per heavy atom. The molecule has 1 fully saturated rings. The van der Waals surface area contributed by atoms with Gasteiger partial charge in [-0.25, -0.2) is 0 Å². The summed E-state index contributed by atoms with van der Waals surface area (Å²) in [5.41, 5.74) is 14.0. The fraction of sp³-hybridized carbons (Fsp3) is 0.286. The maximum atomic E-state index is 14.0. The number of benzene rings is 4. The van der Waals surface area contributed by atoms with Crippen molar-refractivity contribution in [2.75, 3.05) is 26.2 Å². The Kier molecular flexibility index (Phi) is 10.0. The van der Waals surface area contributed by atoms with Gasteiger partial charge in [0.05, 0.1) is 6.04 Å². The third-order valence-corrected chi connectivity index (χ3v) is 8.07. The highest BCUT2D eigenvalue weighted by atomic mass is 16.2. The molecule has 1 aliphatic heterocycles. The largest absolute Gasteiger partial charge is 0.370 e. The summed E-state index contributed by atoms with van der Waals surface area (Å²) in [4.78, 5) is 33.2. The summed E-state index contributed by atoms with van der Waals surface area (Å²) in [5.74, 6) is 0.0184. The van der Waals surface area contributed by atoms with E-state index in [0.717, 1.165) is 10.8 Å². The van der Waals surface area contributed by atoms with Crippen LogP contribution in [-0.2, 0) is 4.79 Å². The van der Waals surface area contributed by atoms with Crippen molar-refractivity contribution >= 4 is 28.5 Å². The van der Waals surface area contributed by atoms with Crippen molar-refractivity contribution < 1.29 is 9.59 Å². The van der Waals surface area contributed by atoms with Crippen LogP contribution in [0.15, 0.2) is 108 Å². The van der Waals surface area contributed by atoms with Crippen molar-refractivity contribution in [2.45, 2.75) is 37.3 Å². The van der Waals surface area contributed by atoms with Gasteiger partial charge in [-0.3, -0.25) is 14.6 Å². The maximum Gasteiger partial charge on any atom is 0.251 e. The molecule has 1 saturated heterocycles. The number of nitrogens with two attached hydrogens (primary N) is 2. The first-order valence-corrected chi connectivity index (χ1v) is 14.9. The van der Waals surface area contributed by atoms with Crippen LogP contribution in [0.2, 0.25) is 0 Å². The SMILES string of the molecule is NC(N)=NCCCC1NC(CNC(=O)c2ccc3ccccc3c2)CCN(CC(c2ccccc2)c2ccccc2)C1=O. The molecule has 2 amide bonds. The second kappa shape index (κ2) is 14.5. The minimum Gasteiger partial charge on any atom is -0.370 e. The maximum absolute atomic E-state index is 14.0. The molecular weight excluding hydrogens is 536 g/mol. The first-order chi connectivity index (χ1) is 21.0. The Hall–Kier alpha value is -4.69. The van der Waals surface area contributed by atoms with Crippen LogP contribution >= 0.6 is 0 Å². The average Bonchev–Trinajstić information content (AvgIpc) is 3.19. The first kappa shape index (κ1) is 29.8. The van der Waals surface area contributed by atoms with Crippen LogP contribution in [-0.4, -0.2) is 60.9 Å². The molecule has 0 bridgehead atoms. The van der Waals surface area contributed by atoms with Gasteiger partial charge in [-0.2, -0.15) is 0 Å². The summed E-state index contributed by atoms with van der Waals surface area (Å²) in [5, 5.41) is 8.77. The van der Waals surface area contributed by atoms with E-state index in [4.69, 9.17) is 11.5 Å². The second-order valence-electron chi connectivity index (χ2n) is 11.1. The smallest absolute Gasteiger partial charge is 0.251 e. The van der Waals surface area contributed by atoms with E-state index in [1.165, 1.54) is 11.1 Å². The van der Waals surface area contributed by atoms with Crippen LogP contribution < -0.4 is 22.1 Å². The van der Waals surface area contributed by atoms with E-state index >= 15 is 0 Å². The lowest BCUT2D eigenvalue weighted by atomic mass is 9.90. The van der Waals surface area contributed by atoms with Crippen molar-refractivity contribution in [1.82, 2.24) is 15.5 Å². The van der Waals surface area contributed by atoms with Crippen molar-refractivity contribution in [3.8, 4) is 0 Å². The molecule has 8 heteroatoms. The Morgan fingerprint density at radius 3 is 2.23 bits per heavy atom. The van der Waals surface area contributed by atoms with E-state index in [-0.39, 0.29) is 29.7 Å². The summed E-state index contributed by atoms with van der Waals surface area (Å²) in [6.45, 7) is 2.02. The fourth-order valence-corrected chi connectivity index (χ4v) is 5.78. The number of rotatable bonds is 11. The van der Waals surface area contributed by atoms with Crippen LogP contribution in [0.4, 0.5) is 0 Å². The molecule has 0 aromatic heterocycles. The van der Waals surface area contributed by atoms with Gasteiger partial charge in [-0.15, -0.1) is 0 Å². The third kappa shape index (κ3) is 7.99. The van der Waals surface area contributed by atoms with E-state index in [0.29, 0.717) is 51.0 Å². The number of hydrogen-bond acceptors (Lipinski definition) is 4. The van der Waals surface area contributed by atoms with Gasteiger partial charge < -0.3 is 27.0 Å². The first-order valence-electron chi connectivity index (χ1n) is 14.9. The average molecular weight is 577 g/mol. The molecule has 43 heavy (non-hydrogen) atoms. The lowest BCUT2D eigenvalue weighted by Gasteiger charge is -2.29. The van der Waals surface area contributed by atoms with Crippen LogP contribution in [0.5, 0.6) is 0 Å². The molecule has 0 spiro atoms. The molecule has 2 unspecified atom stereocenters. The number of amides is 2. The zero-order chi connectivity index (χ0) is 30.0. The zero-order valence-corrected chi connectivity index (χ0v) is 24.4. The van der Waals surface area contributed by atoms with Crippen LogP contribution in [0.3, 0.4) is 0 Å². The molecule has 4 aromatic rings. The number of nitrogens with one attached hydrogen (secondary N) is 2. The minimum absolute atomic E-state index is 0.0396. The van der Waals surface area contributed by atoms with Gasteiger partial charge in [-0.05, 0) is 53.3 Å². The fourth-order valence-electron chi connectivity index (χ4n) is 5.78. The Labute approximate surface area is 253 Å². The van der Waals surface area contributed by atoms with Crippen molar-refractivity contribution in [2.24, 2.45) is 16.5 Å². The number of nitrogens with zero attached hydrogens (tertiary/aromatic N) is 2. The van der Waals surface area contributed by atoms with Gasteiger partial charge in [0.25, 0.3) is 5.91 Å². The molecule has 4 aromatic carbocycles. The van der Waals surface area contributed by atoms with E-state index in [1.54, 1.807) is 0 Å².